The van der Waals surface area contributed by atoms with E-state index in [9.17, 15) is 4.79 Å². The highest BCUT2D eigenvalue weighted by Crippen LogP contribution is 2.19. The van der Waals surface area contributed by atoms with E-state index in [1.807, 2.05) is 13.8 Å². The fourth-order valence-corrected chi connectivity index (χ4v) is 2.46. The first-order valence-corrected chi connectivity index (χ1v) is 6.92. The molecule has 0 aromatic carbocycles. The van der Waals surface area contributed by atoms with Crippen LogP contribution in [0, 0.1) is 0 Å². The molecule has 1 aromatic rings. The molecular weight excluding hydrogens is 252 g/mol. The van der Waals surface area contributed by atoms with Crippen LogP contribution in [0.15, 0.2) is 11.5 Å². The van der Waals surface area contributed by atoms with Crippen LogP contribution in [0.4, 0.5) is 0 Å². The monoisotopic (exact) mass is 272 g/mol. The molecule has 7 heteroatoms. The molecule has 0 spiro atoms. The Labute approximate surface area is 111 Å². The van der Waals surface area contributed by atoms with Crippen LogP contribution < -0.4 is 5.32 Å². The number of carbonyl (C=O) groups is 1. The van der Waals surface area contributed by atoms with Crippen molar-refractivity contribution in [3.63, 3.8) is 0 Å². The molecule has 6 nitrogen and oxygen atoms in total. The van der Waals surface area contributed by atoms with Gasteiger partial charge < -0.3 is 10.1 Å². The average molecular weight is 272 g/mol. The fourth-order valence-electron chi connectivity index (χ4n) is 1.74. The third-order valence-corrected chi connectivity index (χ3v) is 3.62. The average Bonchev–Trinajstić information content (AvgIpc) is 2.87. The second kappa shape index (κ2) is 7.38. The number of aromatic nitrogens is 3. The van der Waals surface area contributed by atoms with Gasteiger partial charge in [0.25, 0.3) is 0 Å². The minimum absolute atomic E-state index is 0.214. The molecule has 2 N–H and O–H groups in total. The smallest absolute Gasteiger partial charge is 0.325 e. The van der Waals surface area contributed by atoms with Gasteiger partial charge in [0, 0.05) is 5.75 Å². The molecule has 1 rings (SSSR count). The third kappa shape index (κ3) is 4.30. The maximum absolute atomic E-state index is 11.7. The van der Waals surface area contributed by atoms with Crippen molar-refractivity contribution < 1.29 is 9.53 Å². The molecule has 0 aliphatic carbocycles. The number of rotatable bonds is 8. The van der Waals surface area contributed by atoms with Gasteiger partial charge in [0.1, 0.15) is 11.9 Å². The van der Waals surface area contributed by atoms with Crippen LogP contribution in [-0.2, 0) is 9.53 Å². The zero-order chi connectivity index (χ0) is 13.4. The molecule has 1 atom stereocenters. The van der Waals surface area contributed by atoms with Crippen LogP contribution in [0.3, 0.4) is 0 Å². The summed E-state index contributed by atoms with van der Waals surface area (Å²) in [5.74, 6) is 0.668. The first-order valence-electron chi connectivity index (χ1n) is 5.94. The maximum atomic E-state index is 11.7. The molecule has 0 bridgehead atoms. The molecular formula is C11H20N4O2S. The molecule has 1 heterocycles. The van der Waals surface area contributed by atoms with Crippen LogP contribution in [0.1, 0.15) is 26.7 Å². The third-order valence-electron chi connectivity index (χ3n) is 2.66. The van der Waals surface area contributed by atoms with Crippen molar-refractivity contribution in [1.82, 2.24) is 20.5 Å². The number of carbonyl (C=O) groups excluding carboxylic acids is 1. The number of aromatic amines is 1. The first-order chi connectivity index (χ1) is 8.62. The van der Waals surface area contributed by atoms with Crippen LogP contribution in [0.25, 0.3) is 0 Å². The highest BCUT2D eigenvalue weighted by Gasteiger charge is 2.32. The number of methoxy groups -OCH3 is 1. The molecule has 18 heavy (non-hydrogen) atoms. The molecule has 1 unspecified atom stereocenters. The number of likely N-dealkylation sites (N-methyl/N-ethyl adjacent to an activating group) is 1. The first kappa shape index (κ1) is 15.0. The van der Waals surface area contributed by atoms with Crippen molar-refractivity contribution in [2.24, 2.45) is 0 Å². The van der Waals surface area contributed by atoms with Gasteiger partial charge in [-0.3, -0.25) is 9.89 Å². The van der Waals surface area contributed by atoms with E-state index < -0.39 is 5.54 Å². The Morgan fingerprint density at radius 2 is 2.44 bits per heavy atom. The fraction of sp³-hybridized carbons (Fsp3) is 0.727. The maximum Gasteiger partial charge on any atom is 0.325 e. The van der Waals surface area contributed by atoms with E-state index in [0.29, 0.717) is 0 Å². The Kier molecular flexibility index (Phi) is 6.14. The van der Waals surface area contributed by atoms with Gasteiger partial charge in [-0.25, -0.2) is 4.98 Å². The number of hydrogen-bond donors (Lipinski definition) is 2. The highest BCUT2D eigenvalue weighted by molar-refractivity contribution is 7.99. The van der Waals surface area contributed by atoms with Crippen LogP contribution >= 0.6 is 11.8 Å². The van der Waals surface area contributed by atoms with Gasteiger partial charge in [-0.05, 0) is 26.3 Å². The minimum Gasteiger partial charge on any atom is -0.468 e. The topological polar surface area (TPSA) is 79.9 Å². The van der Waals surface area contributed by atoms with Crippen LogP contribution in [0.5, 0.6) is 0 Å². The number of esters is 1. The van der Waals surface area contributed by atoms with Crippen LogP contribution in [-0.4, -0.2) is 46.1 Å². The van der Waals surface area contributed by atoms with E-state index in [4.69, 9.17) is 4.74 Å². The summed E-state index contributed by atoms with van der Waals surface area (Å²) in [4.78, 5) is 15.8. The van der Waals surface area contributed by atoms with Crippen molar-refractivity contribution in [3.05, 3.63) is 6.33 Å². The minimum atomic E-state index is -0.606. The van der Waals surface area contributed by atoms with Gasteiger partial charge >= 0.3 is 5.97 Å². The summed E-state index contributed by atoms with van der Waals surface area (Å²) < 4.78 is 4.83. The lowest BCUT2D eigenvalue weighted by molar-refractivity contribution is -0.148. The Balaban J connectivity index is 2.35. The summed E-state index contributed by atoms with van der Waals surface area (Å²) in [5.41, 5.74) is -0.606. The molecule has 0 saturated carbocycles. The molecule has 0 saturated heterocycles. The lowest BCUT2D eigenvalue weighted by Gasteiger charge is -2.27. The van der Waals surface area contributed by atoms with Gasteiger partial charge in [0.05, 0.1) is 7.11 Å². The normalized spacial score (nSPS) is 14.2. The van der Waals surface area contributed by atoms with E-state index in [-0.39, 0.29) is 5.97 Å². The quantitative estimate of drug-likeness (QED) is 0.421. The Hall–Kier alpha value is -1.08. The Morgan fingerprint density at radius 1 is 1.67 bits per heavy atom. The largest absolute Gasteiger partial charge is 0.468 e. The van der Waals surface area contributed by atoms with Crippen molar-refractivity contribution in [2.75, 3.05) is 19.4 Å². The SMILES string of the molecule is CCNC(C)(CCCSc1ncn[nH]1)C(=O)OC. The predicted octanol–water partition coefficient (Wildman–Crippen LogP) is 1.22. The summed E-state index contributed by atoms with van der Waals surface area (Å²) >= 11 is 1.60. The number of nitrogens with zero attached hydrogens (tertiary/aromatic N) is 2. The summed E-state index contributed by atoms with van der Waals surface area (Å²) in [6, 6.07) is 0. The predicted molar refractivity (Wildman–Crippen MR) is 70.4 cm³/mol. The number of nitrogens with one attached hydrogen (secondary N) is 2. The molecule has 102 valence electrons. The van der Waals surface area contributed by atoms with E-state index in [1.165, 1.54) is 13.4 Å². The van der Waals surface area contributed by atoms with Gasteiger partial charge in [0.15, 0.2) is 5.16 Å². The summed E-state index contributed by atoms with van der Waals surface area (Å²) in [7, 11) is 1.42. The number of thioether (sulfide) groups is 1. The van der Waals surface area contributed by atoms with Crippen LogP contribution in [0.2, 0.25) is 0 Å². The summed E-state index contributed by atoms with van der Waals surface area (Å²) in [5, 5.41) is 10.6. The van der Waals surface area contributed by atoms with Crippen molar-refractivity contribution in [3.8, 4) is 0 Å². The lowest BCUT2D eigenvalue weighted by atomic mass is 9.96. The van der Waals surface area contributed by atoms with Crippen molar-refractivity contribution in [2.45, 2.75) is 37.4 Å². The van der Waals surface area contributed by atoms with Gasteiger partial charge in [-0.2, -0.15) is 5.10 Å². The second-order valence-corrected chi connectivity index (χ2v) is 5.18. The van der Waals surface area contributed by atoms with E-state index in [0.717, 1.165) is 30.3 Å². The van der Waals surface area contributed by atoms with Crippen molar-refractivity contribution in [1.29, 1.82) is 0 Å². The zero-order valence-electron chi connectivity index (χ0n) is 11.0. The molecule has 0 aliphatic heterocycles. The van der Waals surface area contributed by atoms with E-state index in [1.54, 1.807) is 11.8 Å². The number of ether oxygens (including phenoxy) is 1. The molecule has 0 amide bonds. The van der Waals surface area contributed by atoms with Crippen molar-refractivity contribution >= 4 is 17.7 Å². The van der Waals surface area contributed by atoms with Gasteiger partial charge in [-0.15, -0.1) is 0 Å². The number of hydrogen-bond acceptors (Lipinski definition) is 6. The van der Waals surface area contributed by atoms with E-state index >= 15 is 0 Å². The Morgan fingerprint density at radius 3 is 3.00 bits per heavy atom. The zero-order valence-corrected chi connectivity index (χ0v) is 11.8. The van der Waals surface area contributed by atoms with Gasteiger partial charge in [-0.1, -0.05) is 18.7 Å². The molecule has 0 aliphatic rings. The lowest BCUT2D eigenvalue weighted by Crippen LogP contribution is -2.50. The molecule has 0 radical (unpaired) electrons. The summed E-state index contributed by atoms with van der Waals surface area (Å²) in [6.07, 6.45) is 3.11. The standard InChI is InChI=1S/C11H20N4O2S/c1-4-13-11(2,9(16)17-3)6-5-7-18-10-12-8-14-15-10/h8,13H,4-7H2,1-3H3,(H,12,14,15). The summed E-state index contributed by atoms with van der Waals surface area (Å²) in [6.45, 7) is 4.59. The molecule has 0 fully saturated rings. The number of H-pyrrole nitrogens is 1. The molecule has 1 aromatic heterocycles. The van der Waals surface area contributed by atoms with E-state index in [2.05, 4.69) is 20.5 Å². The van der Waals surface area contributed by atoms with Gasteiger partial charge in [0.2, 0.25) is 0 Å². The Bertz CT molecular complexity index is 358. The second-order valence-electron chi connectivity index (χ2n) is 4.10. The highest BCUT2D eigenvalue weighted by atomic mass is 32.2.